The molecule has 0 fully saturated rings. The van der Waals surface area contributed by atoms with Crippen LogP contribution in [-0.4, -0.2) is 30.1 Å². The number of fused-ring (bicyclic) bond motifs is 1. The smallest absolute Gasteiger partial charge is 0.282 e. The van der Waals surface area contributed by atoms with E-state index in [1.54, 1.807) is 38.6 Å². The van der Waals surface area contributed by atoms with E-state index in [-0.39, 0.29) is 5.56 Å². The summed E-state index contributed by atoms with van der Waals surface area (Å²) in [6.45, 7) is 6.33. The summed E-state index contributed by atoms with van der Waals surface area (Å²) in [5, 5.41) is 5.03. The molecule has 0 saturated heterocycles. The highest BCUT2D eigenvalue weighted by Crippen LogP contribution is 2.39. The first-order valence-electron chi connectivity index (χ1n) is 11.5. The van der Waals surface area contributed by atoms with E-state index in [0.717, 1.165) is 14.5 Å². The molecule has 37 heavy (non-hydrogen) atoms. The van der Waals surface area contributed by atoms with Gasteiger partial charge in [0, 0.05) is 19.9 Å². The Hall–Kier alpha value is -3.17. The molecule has 0 amide bonds. The lowest BCUT2D eigenvalue weighted by Crippen LogP contribution is -2.29. The number of methoxy groups -OCH3 is 2. The maximum atomic E-state index is 13.4. The van der Waals surface area contributed by atoms with Crippen molar-refractivity contribution in [3.05, 3.63) is 90.8 Å². The third-order valence-corrected chi connectivity index (χ3v) is 6.60. The van der Waals surface area contributed by atoms with E-state index in [4.69, 9.17) is 19.2 Å². The van der Waals surface area contributed by atoms with E-state index in [0.29, 0.717) is 46.1 Å². The second kappa shape index (κ2) is 11.1. The van der Waals surface area contributed by atoms with E-state index >= 15 is 0 Å². The maximum Gasteiger partial charge on any atom is 0.282 e. The standard InChI is InChI=1S/C28H27Br2N3O4/c1-28(2,3)27-32-22-11-10-20(30)14-21(22)26(34)33(27)31-15-18-12-23(35-4)25(24(13-18)36-5)37-16-17-6-8-19(29)9-7-17/h6-15H,16H2,1-5H3. The van der Waals surface area contributed by atoms with Gasteiger partial charge in [0.25, 0.3) is 5.56 Å². The van der Waals surface area contributed by atoms with Gasteiger partial charge in [-0.15, -0.1) is 0 Å². The average Bonchev–Trinajstić information content (AvgIpc) is 2.87. The zero-order valence-corrected chi connectivity index (χ0v) is 24.4. The van der Waals surface area contributed by atoms with Crippen molar-refractivity contribution < 1.29 is 14.2 Å². The molecular formula is C28H27Br2N3O4. The highest BCUT2D eigenvalue weighted by Gasteiger charge is 2.23. The number of benzene rings is 3. The van der Waals surface area contributed by atoms with Gasteiger partial charge in [0.1, 0.15) is 12.4 Å². The molecular weight excluding hydrogens is 602 g/mol. The summed E-state index contributed by atoms with van der Waals surface area (Å²) in [5.74, 6) is 2.01. The zero-order chi connectivity index (χ0) is 26.7. The Labute approximate surface area is 232 Å². The summed E-state index contributed by atoms with van der Waals surface area (Å²) in [6.07, 6.45) is 1.59. The Balaban J connectivity index is 1.74. The number of hydrogen-bond acceptors (Lipinski definition) is 6. The fourth-order valence-electron chi connectivity index (χ4n) is 3.72. The lowest BCUT2D eigenvalue weighted by molar-refractivity contribution is 0.266. The van der Waals surface area contributed by atoms with Gasteiger partial charge in [-0.05, 0) is 48.0 Å². The first-order chi connectivity index (χ1) is 17.6. The molecule has 1 aromatic heterocycles. The van der Waals surface area contributed by atoms with Crippen LogP contribution in [0.4, 0.5) is 0 Å². The van der Waals surface area contributed by atoms with Gasteiger partial charge in [-0.3, -0.25) is 4.79 Å². The molecule has 192 valence electrons. The highest BCUT2D eigenvalue weighted by atomic mass is 79.9. The van der Waals surface area contributed by atoms with Crippen LogP contribution in [0.25, 0.3) is 10.9 Å². The third kappa shape index (κ3) is 6.05. The first-order valence-corrected chi connectivity index (χ1v) is 13.1. The van der Waals surface area contributed by atoms with Crippen LogP contribution in [-0.2, 0) is 12.0 Å². The van der Waals surface area contributed by atoms with Crippen LogP contribution in [0.2, 0.25) is 0 Å². The van der Waals surface area contributed by atoms with Crippen LogP contribution in [0.1, 0.15) is 37.7 Å². The van der Waals surface area contributed by atoms with Gasteiger partial charge in [0.2, 0.25) is 5.75 Å². The third-order valence-electron chi connectivity index (χ3n) is 5.58. The fourth-order valence-corrected chi connectivity index (χ4v) is 4.34. The summed E-state index contributed by atoms with van der Waals surface area (Å²) in [4.78, 5) is 18.2. The fraction of sp³-hybridized carbons (Fsp3) is 0.250. The number of ether oxygens (including phenoxy) is 3. The van der Waals surface area contributed by atoms with E-state index in [1.165, 1.54) is 4.68 Å². The molecule has 7 nitrogen and oxygen atoms in total. The predicted octanol–water partition coefficient (Wildman–Crippen LogP) is 6.70. The number of nitrogens with zero attached hydrogens (tertiary/aromatic N) is 3. The van der Waals surface area contributed by atoms with Crippen molar-refractivity contribution in [1.82, 2.24) is 9.66 Å². The quantitative estimate of drug-likeness (QED) is 0.213. The van der Waals surface area contributed by atoms with Gasteiger partial charge in [0.15, 0.2) is 11.5 Å². The van der Waals surface area contributed by atoms with Crippen LogP contribution in [0.15, 0.2) is 73.4 Å². The van der Waals surface area contributed by atoms with Crippen molar-refractivity contribution in [1.29, 1.82) is 0 Å². The van der Waals surface area contributed by atoms with Gasteiger partial charge >= 0.3 is 0 Å². The number of halogens is 2. The molecule has 0 aliphatic rings. The summed E-state index contributed by atoms with van der Waals surface area (Å²) in [7, 11) is 3.13. The molecule has 0 aliphatic heterocycles. The van der Waals surface area contributed by atoms with Gasteiger partial charge in [-0.25, -0.2) is 4.98 Å². The van der Waals surface area contributed by atoms with Gasteiger partial charge in [-0.1, -0.05) is 64.8 Å². The minimum atomic E-state index is -0.419. The Morgan fingerprint density at radius 3 is 2.16 bits per heavy atom. The minimum absolute atomic E-state index is 0.249. The molecule has 1 heterocycles. The Morgan fingerprint density at radius 2 is 1.57 bits per heavy atom. The first kappa shape index (κ1) is 26.9. The minimum Gasteiger partial charge on any atom is -0.493 e. The maximum absolute atomic E-state index is 13.4. The van der Waals surface area contributed by atoms with Crippen LogP contribution in [0, 0.1) is 0 Å². The Morgan fingerprint density at radius 1 is 0.946 bits per heavy atom. The molecule has 0 atom stereocenters. The van der Waals surface area contributed by atoms with Crippen molar-refractivity contribution in [3.63, 3.8) is 0 Å². The second-order valence-corrected chi connectivity index (χ2v) is 11.2. The molecule has 0 aliphatic carbocycles. The number of rotatable bonds is 7. The summed E-state index contributed by atoms with van der Waals surface area (Å²) < 4.78 is 20.4. The summed E-state index contributed by atoms with van der Waals surface area (Å²) >= 11 is 6.88. The lowest BCUT2D eigenvalue weighted by Gasteiger charge is -2.21. The van der Waals surface area contributed by atoms with Crippen LogP contribution >= 0.6 is 31.9 Å². The van der Waals surface area contributed by atoms with Crippen LogP contribution in [0.3, 0.4) is 0 Å². The van der Waals surface area contributed by atoms with Crippen molar-refractivity contribution in [3.8, 4) is 17.2 Å². The van der Waals surface area contributed by atoms with Crippen molar-refractivity contribution >= 4 is 49.0 Å². The van der Waals surface area contributed by atoms with E-state index in [2.05, 4.69) is 37.0 Å². The topological polar surface area (TPSA) is 74.9 Å². The highest BCUT2D eigenvalue weighted by molar-refractivity contribution is 9.10. The number of aromatic nitrogens is 2. The molecule has 0 bridgehead atoms. The molecule has 4 aromatic rings. The lowest BCUT2D eigenvalue weighted by atomic mass is 9.95. The predicted molar refractivity (Wildman–Crippen MR) is 153 cm³/mol. The van der Waals surface area contributed by atoms with Gasteiger partial charge in [-0.2, -0.15) is 9.78 Å². The van der Waals surface area contributed by atoms with Crippen LogP contribution < -0.4 is 19.8 Å². The molecule has 0 spiro atoms. The monoisotopic (exact) mass is 627 g/mol. The van der Waals surface area contributed by atoms with E-state index in [9.17, 15) is 4.79 Å². The molecule has 0 N–H and O–H groups in total. The van der Waals surface area contributed by atoms with Crippen molar-refractivity contribution in [2.45, 2.75) is 32.8 Å². The average molecular weight is 629 g/mol. The van der Waals surface area contributed by atoms with Crippen molar-refractivity contribution in [2.75, 3.05) is 14.2 Å². The molecule has 0 radical (unpaired) electrons. The van der Waals surface area contributed by atoms with E-state index in [1.807, 2.05) is 57.2 Å². The largest absolute Gasteiger partial charge is 0.493 e. The molecule has 3 aromatic carbocycles. The molecule has 0 unspecified atom stereocenters. The van der Waals surface area contributed by atoms with Gasteiger partial charge < -0.3 is 14.2 Å². The second-order valence-electron chi connectivity index (χ2n) is 9.38. The molecule has 4 rings (SSSR count). The summed E-state index contributed by atoms with van der Waals surface area (Å²) in [6, 6.07) is 16.9. The molecule has 9 heteroatoms. The summed E-state index contributed by atoms with van der Waals surface area (Å²) in [5.41, 5.74) is 1.63. The Kier molecular flexibility index (Phi) is 8.04. The van der Waals surface area contributed by atoms with Crippen molar-refractivity contribution in [2.24, 2.45) is 5.10 Å². The van der Waals surface area contributed by atoms with Crippen LogP contribution in [0.5, 0.6) is 17.2 Å². The number of hydrogen-bond donors (Lipinski definition) is 0. The van der Waals surface area contributed by atoms with E-state index < -0.39 is 5.41 Å². The molecule has 0 saturated carbocycles. The normalized spacial score (nSPS) is 11.8. The van der Waals surface area contributed by atoms with Gasteiger partial charge in [0.05, 0.1) is 31.3 Å². The Bertz CT molecular complexity index is 1500. The SMILES string of the molecule is COc1cc(C=Nn2c(C(C)(C)C)nc3ccc(Br)cc3c2=O)cc(OC)c1OCc1ccc(Br)cc1. The zero-order valence-electron chi connectivity index (χ0n) is 21.2.